The van der Waals surface area contributed by atoms with E-state index in [1.54, 1.807) is 25.4 Å². The Kier molecular flexibility index (Phi) is 10.1. The first-order valence-corrected chi connectivity index (χ1v) is 7.03. The second-order valence-corrected chi connectivity index (χ2v) is 3.94. The quantitative estimate of drug-likeness (QED) is 0.790. The zero-order valence-corrected chi connectivity index (χ0v) is 13.4. The van der Waals surface area contributed by atoms with Gasteiger partial charge in [-0.25, -0.2) is 0 Å². The largest absolute Gasteiger partial charge is 0.388 e. The van der Waals surface area contributed by atoms with Gasteiger partial charge in [0.1, 0.15) is 0 Å². The number of benzene rings is 1. The number of pyridine rings is 1. The molecule has 112 valence electrons. The molecule has 3 nitrogen and oxygen atoms in total. The van der Waals surface area contributed by atoms with Gasteiger partial charge in [-0.05, 0) is 36.2 Å². The van der Waals surface area contributed by atoms with E-state index in [-0.39, 0.29) is 0 Å². The molecule has 0 aliphatic rings. The van der Waals surface area contributed by atoms with Crippen LogP contribution in [0.2, 0.25) is 0 Å². The average Bonchev–Trinajstić information content (AvgIpc) is 2.58. The molecule has 0 radical (unpaired) electrons. The minimum absolute atomic E-state index is 0.604. The van der Waals surface area contributed by atoms with Gasteiger partial charge in [0.2, 0.25) is 0 Å². The molecule has 0 bridgehead atoms. The van der Waals surface area contributed by atoms with Gasteiger partial charge in [-0.2, -0.15) is 0 Å². The van der Waals surface area contributed by atoms with E-state index in [0.29, 0.717) is 5.71 Å². The molecule has 1 heterocycles. The fraction of sp³-hybridized carbons (Fsp3) is 0.222. The number of nitrogens with one attached hydrogen (secondary N) is 2. The number of nitrogens with zero attached hydrogens (tertiary/aromatic N) is 1. The molecule has 0 saturated carbocycles. The van der Waals surface area contributed by atoms with Crippen molar-refractivity contribution in [1.82, 2.24) is 4.98 Å². The van der Waals surface area contributed by atoms with Crippen LogP contribution in [0.5, 0.6) is 0 Å². The van der Waals surface area contributed by atoms with Crippen molar-refractivity contribution >= 4 is 17.5 Å². The molecule has 0 amide bonds. The summed E-state index contributed by atoms with van der Waals surface area (Å²) in [5.41, 5.74) is 3.72. The molecular formula is C18H25N3. The smallest absolute Gasteiger partial charge is 0.0355 e. The van der Waals surface area contributed by atoms with E-state index in [1.165, 1.54) is 0 Å². The Morgan fingerprint density at radius 3 is 2.14 bits per heavy atom. The second kappa shape index (κ2) is 11.4. The van der Waals surface area contributed by atoms with Crippen LogP contribution < -0.4 is 5.32 Å². The molecule has 0 spiro atoms. The van der Waals surface area contributed by atoms with Crippen molar-refractivity contribution in [3.05, 3.63) is 66.5 Å². The van der Waals surface area contributed by atoms with Crippen molar-refractivity contribution in [2.24, 2.45) is 0 Å². The van der Waals surface area contributed by atoms with E-state index in [2.05, 4.69) is 16.9 Å². The van der Waals surface area contributed by atoms with Gasteiger partial charge in [-0.15, -0.1) is 0 Å². The Bertz CT molecular complexity index is 516. The van der Waals surface area contributed by atoms with Gasteiger partial charge in [0.05, 0.1) is 0 Å². The summed E-state index contributed by atoms with van der Waals surface area (Å²) < 4.78 is 0. The lowest BCUT2D eigenvalue weighted by molar-refractivity contribution is 1.32. The van der Waals surface area contributed by atoms with Crippen LogP contribution in [0.3, 0.4) is 0 Å². The fourth-order valence-electron chi connectivity index (χ4n) is 1.38. The van der Waals surface area contributed by atoms with E-state index < -0.39 is 0 Å². The molecule has 0 fully saturated rings. The average molecular weight is 283 g/mol. The van der Waals surface area contributed by atoms with E-state index in [1.807, 2.05) is 57.3 Å². The Morgan fingerprint density at radius 2 is 1.81 bits per heavy atom. The molecule has 0 aliphatic heterocycles. The molecule has 1 aromatic carbocycles. The van der Waals surface area contributed by atoms with Crippen LogP contribution in [0.4, 0.5) is 5.69 Å². The van der Waals surface area contributed by atoms with Crippen molar-refractivity contribution in [1.29, 1.82) is 5.41 Å². The molecule has 1 aromatic heterocycles. The number of hydrogen-bond acceptors (Lipinski definition) is 3. The van der Waals surface area contributed by atoms with Crippen molar-refractivity contribution in [3.63, 3.8) is 0 Å². The van der Waals surface area contributed by atoms with Crippen molar-refractivity contribution in [3.8, 4) is 0 Å². The third kappa shape index (κ3) is 7.67. The predicted octanol–water partition coefficient (Wildman–Crippen LogP) is 4.87. The number of aromatic nitrogens is 1. The molecule has 0 saturated heterocycles. The van der Waals surface area contributed by atoms with Crippen molar-refractivity contribution in [2.75, 3.05) is 12.4 Å². The van der Waals surface area contributed by atoms with Crippen LogP contribution in [0, 0.1) is 5.41 Å². The maximum absolute atomic E-state index is 7.34. The van der Waals surface area contributed by atoms with Crippen molar-refractivity contribution < 1.29 is 0 Å². The predicted molar refractivity (Wildman–Crippen MR) is 94.2 cm³/mol. The van der Waals surface area contributed by atoms with Gasteiger partial charge in [-0.1, -0.05) is 44.7 Å². The van der Waals surface area contributed by atoms with Crippen LogP contribution >= 0.6 is 0 Å². The van der Waals surface area contributed by atoms with Crippen LogP contribution in [0.15, 0.2) is 55.4 Å². The molecule has 0 aliphatic carbocycles. The lowest BCUT2D eigenvalue weighted by Crippen LogP contribution is -1.92. The maximum Gasteiger partial charge on any atom is 0.0355 e. The van der Waals surface area contributed by atoms with E-state index in [0.717, 1.165) is 16.8 Å². The minimum Gasteiger partial charge on any atom is -0.388 e. The fourth-order valence-corrected chi connectivity index (χ4v) is 1.38. The minimum atomic E-state index is 0.604. The van der Waals surface area contributed by atoms with Crippen LogP contribution in [-0.2, 0) is 0 Å². The Balaban J connectivity index is 0.000000354. The molecule has 0 unspecified atom stereocenters. The molecular weight excluding hydrogens is 258 g/mol. The summed E-state index contributed by atoms with van der Waals surface area (Å²) in [6.07, 6.45) is 5.28. The lowest BCUT2D eigenvalue weighted by Gasteiger charge is -2.00. The second-order valence-electron chi connectivity index (χ2n) is 3.94. The Hall–Kier alpha value is -2.42. The SMILES string of the molecule is C=Cc1cccnc1.CC.CNc1ccc(C(C)=N)cc1. The summed E-state index contributed by atoms with van der Waals surface area (Å²) in [4.78, 5) is 3.88. The molecule has 2 aromatic rings. The first-order chi connectivity index (χ1) is 10.2. The highest BCUT2D eigenvalue weighted by Crippen LogP contribution is 2.08. The number of hydrogen-bond donors (Lipinski definition) is 2. The summed E-state index contributed by atoms with van der Waals surface area (Å²) in [6, 6.07) is 11.7. The standard InChI is InChI=1S/C9H12N2.C7H7N.C2H6/c1-7(10)8-3-5-9(11-2)6-4-8;1-2-7-4-3-5-8-6-7;1-2/h3-6,10-11H,1-2H3;2-6H,1H2;1-2H3. The maximum atomic E-state index is 7.34. The highest BCUT2D eigenvalue weighted by Gasteiger charge is 1.93. The first kappa shape index (κ1) is 18.6. The summed E-state index contributed by atoms with van der Waals surface area (Å²) in [5.74, 6) is 0. The van der Waals surface area contributed by atoms with Gasteiger partial charge in [-0.3, -0.25) is 4.98 Å². The zero-order valence-electron chi connectivity index (χ0n) is 13.4. The van der Waals surface area contributed by atoms with Gasteiger partial charge in [0, 0.05) is 30.8 Å². The molecule has 3 heteroatoms. The summed E-state index contributed by atoms with van der Waals surface area (Å²) in [5, 5.41) is 10.4. The van der Waals surface area contributed by atoms with Crippen LogP contribution in [0.1, 0.15) is 31.9 Å². The normalized spacial score (nSPS) is 8.38. The molecule has 21 heavy (non-hydrogen) atoms. The molecule has 0 atom stereocenters. The topological polar surface area (TPSA) is 48.8 Å². The third-order valence-corrected chi connectivity index (χ3v) is 2.53. The highest BCUT2D eigenvalue weighted by molar-refractivity contribution is 5.96. The van der Waals surface area contributed by atoms with Crippen LogP contribution in [0.25, 0.3) is 6.08 Å². The van der Waals surface area contributed by atoms with E-state index in [4.69, 9.17) is 5.41 Å². The Labute approximate surface area is 128 Å². The lowest BCUT2D eigenvalue weighted by atomic mass is 10.1. The van der Waals surface area contributed by atoms with E-state index in [9.17, 15) is 0 Å². The monoisotopic (exact) mass is 283 g/mol. The Morgan fingerprint density at radius 1 is 1.19 bits per heavy atom. The molecule has 2 N–H and O–H groups in total. The van der Waals surface area contributed by atoms with Crippen molar-refractivity contribution in [2.45, 2.75) is 20.8 Å². The van der Waals surface area contributed by atoms with Gasteiger partial charge in [0.25, 0.3) is 0 Å². The summed E-state index contributed by atoms with van der Waals surface area (Å²) in [6.45, 7) is 9.38. The first-order valence-electron chi connectivity index (χ1n) is 7.03. The van der Waals surface area contributed by atoms with Gasteiger partial charge < -0.3 is 10.7 Å². The highest BCUT2D eigenvalue weighted by atomic mass is 14.8. The molecule has 2 rings (SSSR count). The summed E-state index contributed by atoms with van der Waals surface area (Å²) >= 11 is 0. The third-order valence-electron chi connectivity index (χ3n) is 2.53. The van der Waals surface area contributed by atoms with Gasteiger partial charge >= 0.3 is 0 Å². The van der Waals surface area contributed by atoms with E-state index >= 15 is 0 Å². The number of anilines is 1. The summed E-state index contributed by atoms with van der Waals surface area (Å²) in [7, 11) is 1.88. The number of rotatable bonds is 3. The van der Waals surface area contributed by atoms with Gasteiger partial charge in [0.15, 0.2) is 0 Å². The zero-order chi connectivity index (χ0) is 16.1. The van der Waals surface area contributed by atoms with Crippen LogP contribution in [-0.4, -0.2) is 17.7 Å².